The Labute approximate surface area is 128 Å². The first kappa shape index (κ1) is 16.2. The molecule has 6 nitrogen and oxygen atoms in total. The molecule has 0 bridgehead atoms. The number of nitrogens with zero attached hydrogens (tertiary/aromatic N) is 1. The number of carbonyl (C=O) groups excluding carboxylic acids is 2. The quantitative estimate of drug-likeness (QED) is 0.818. The second kappa shape index (κ2) is 7.17. The standard InChI is InChI=1S/C16H19NO5/c1-11(18)13(15(19)17-7-9-22-10-8-17)14(16(20)21)12-5-3-2-4-6-12/h2-6,13-14H,7-10H2,1H3,(H,20,21). The maximum absolute atomic E-state index is 12.6. The van der Waals surface area contributed by atoms with Gasteiger partial charge in [0.05, 0.1) is 13.2 Å². The number of ketones is 1. The topological polar surface area (TPSA) is 83.9 Å². The normalized spacial score (nSPS) is 17.6. The predicted octanol–water partition coefficient (Wildman–Crippen LogP) is 0.919. The third-order valence-electron chi connectivity index (χ3n) is 3.78. The summed E-state index contributed by atoms with van der Waals surface area (Å²) in [5.74, 6) is -4.43. The molecule has 1 saturated heterocycles. The number of amides is 1. The second-order valence-corrected chi connectivity index (χ2v) is 5.25. The van der Waals surface area contributed by atoms with Crippen molar-refractivity contribution in [3.63, 3.8) is 0 Å². The Morgan fingerprint density at radius 2 is 1.73 bits per heavy atom. The van der Waals surface area contributed by atoms with Gasteiger partial charge in [0, 0.05) is 13.1 Å². The van der Waals surface area contributed by atoms with Gasteiger partial charge in [0.15, 0.2) is 0 Å². The van der Waals surface area contributed by atoms with E-state index >= 15 is 0 Å². The molecule has 0 aromatic heterocycles. The average molecular weight is 305 g/mol. The number of carboxylic acid groups (broad SMARTS) is 1. The number of benzene rings is 1. The summed E-state index contributed by atoms with van der Waals surface area (Å²) in [6.07, 6.45) is 0. The fourth-order valence-electron chi connectivity index (χ4n) is 2.67. The zero-order chi connectivity index (χ0) is 16.1. The summed E-state index contributed by atoms with van der Waals surface area (Å²) in [5.41, 5.74) is 0.455. The highest BCUT2D eigenvalue weighted by atomic mass is 16.5. The van der Waals surface area contributed by atoms with Crippen molar-refractivity contribution in [2.24, 2.45) is 5.92 Å². The van der Waals surface area contributed by atoms with Crippen molar-refractivity contribution in [2.75, 3.05) is 26.3 Å². The van der Waals surface area contributed by atoms with Crippen LogP contribution in [0.1, 0.15) is 18.4 Å². The summed E-state index contributed by atoms with van der Waals surface area (Å²) in [5, 5.41) is 9.55. The first-order valence-corrected chi connectivity index (χ1v) is 7.17. The Balaban J connectivity index is 2.33. The highest BCUT2D eigenvalue weighted by Gasteiger charge is 2.40. The Hall–Kier alpha value is -2.21. The predicted molar refractivity (Wildman–Crippen MR) is 78.4 cm³/mol. The van der Waals surface area contributed by atoms with E-state index in [-0.39, 0.29) is 0 Å². The lowest BCUT2D eigenvalue weighted by Crippen LogP contribution is -2.47. The summed E-state index contributed by atoms with van der Waals surface area (Å²) < 4.78 is 5.19. The van der Waals surface area contributed by atoms with Gasteiger partial charge in [0.1, 0.15) is 17.6 Å². The summed E-state index contributed by atoms with van der Waals surface area (Å²) in [4.78, 5) is 37.8. The molecule has 1 N–H and O–H groups in total. The minimum absolute atomic E-state index is 0.379. The van der Waals surface area contributed by atoms with Gasteiger partial charge < -0.3 is 14.7 Å². The maximum atomic E-state index is 12.6. The smallest absolute Gasteiger partial charge is 0.312 e. The van der Waals surface area contributed by atoms with Crippen LogP contribution in [0, 0.1) is 5.92 Å². The first-order valence-electron chi connectivity index (χ1n) is 7.17. The largest absolute Gasteiger partial charge is 0.481 e. The SMILES string of the molecule is CC(=O)C(C(=O)N1CCOCC1)C(C(=O)O)c1ccccc1. The third-order valence-corrected chi connectivity index (χ3v) is 3.78. The second-order valence-electron chi connectivity index (χ2n) is 5.25. The van der Waals surface area contributed by atoms with Gasteiger partial charge in [0.2, 0.25) is 5.91 Å². The lowest BCUT2D eigenvalue weighted by molar-refractivity contribution is -0.152. The van der Waals surface area contributed by atoms with Crippen LogP contribution in [0.25, 0.3) is 0 Å². The molecule has 1 fully saturated rings. The first-order chi connectivity index (χ1) is 10.5. The van der Waals surface area contributed by atoms with Gasteiger partial charge in [-0.05, 0) is 12.5 Å². The number of morpholine rings is 1. The molecule has 0 saturated carbocycles. The van der Waals surface area contributed by atoms with Crippen LogP contribution < -0.4 is 0 Å². The van der Waals surface area contributed by atoms with Gasteiger partial charge in [-0.25, -0.2) is 0 Å². The zero-order valence-corrected chi connectivity index (χ0v) is 12.4. The van der Waals surface area contributed by atoms with E-state index in [1.54, 1.807) is 30.3 Å². The van der Waals surface area contributed by atoms with Crippen molar-refractivity contribution in [1.29, 1.82) is 0 Å². The molecule has 1 aliphatic heterocycles. The molecular formula is C16H19NO5. The number of carboxylic acids is 1. The minimum Gasteiger partial charge on any atom is -0.481 e. The molecule has 2 atom stereocenters. The molecule has 1 heterocycles. The lowest BCUT2D eigenvalue weighted by Gasteiger charge is -2.31. The molecule has 1 aliphatic rings. The Kier molecular flexibility index (Phi) is 5.27. The fraction of sp³-hybridized carbons (Fsp3) is 0.438. The molecule has 0 radical (unpaired) electrons. The molecule has 1 amide bonds. The number of ether oxygens (including phenoxy) is 1. The summed E-state index contributed by atoms with van der Waals surface area (Å²) >= 11 is 0. The lowest BCUT2D eigenvalue weighted by atomic mass is 9.82. The van der Waals surface area contributed by atoms with Gasteiger partial charge in [-0.15, -0.1) is 0 Å². The van der Waals surface area contributed by atoms with E-state index in [1.807, 2.05) is 0 Å². The number of hydrogen-bond acceptors (Lipinski definition) is 4. The van der Waals surface area contributed by atoms with Crippen molar-refractivity contribution in [3.8, 4) is 0 Å². The van der Waals surface area contributed by atoms with Gasteiger partial charge in [0.25, 0.3) is 0 Å². The summed E-state index contributed by atoms with van der Waals surface area (Å²) in [6.45, 7) is 2.83. The van der Waals surface area contributed by atoms with Crippen molar-refractivity contribution < 1.29 is 24.2 Å². The maximum Gasteiger partial charge on any atom is 0.312 e. The third kappa shape index (κ3) is 3.51. The van der Waals surface area contributed by atoms with Gasteiger partial charge in [-0.2, -0.15) is 0 Å². The van der Waals surface area contributed by atoms with E-state index in [1.165, 1.54) is 11.8 Å². The van der Waals surface area contributed by atoms with E-state index in [2.05, 4.69) is 0 Å². The minimum atomic E-state index is -1.21. The Bertz CT molecular complexity index is 551. The Morgan fingerprint density at radius 3 is 2.23 bits per heavy atom. The molecule has 118 valence electrons. The number of Topliss-reactive ketones (excluding diaryl/α,β-unsaturated/α-hetero) is 1. The number of hydrogen-bond donors (Lipinski definition) is 1. The van der Waals surface area contributed by atoms with Crippen LogP contribution in [-0.2, 0) is 19.1 Å². The van der Waals surface area contributed by atoms with E-state index in [4.69, 9.17) is 4.74 Å². The van der Waals surface area contributed by atoms with Crippen molar-refractivity contribution in [2.45, 2.75) is 12.8 Å². The fourth-order valence-corrected chi connectivity index (χ4v) is 2.67. The van der Waals surface area contributed by atoms with Crippen LogP contribution in [0.5, 0.6) is 0 Å². The highest BCUT2D eigenvalue weighted by molar-refractivity contribution is 6.05. The van der Waals surface area contributed by atoms with Gasteiger partial charge >= 0.3 is 5.97 Å². The average Bonchev–Trinajstić information content (AvgIpc) is 2.52. The van der Waals surface area contributed by atoms with E-state index in [9.17, 15) is 19.5 Å². The molecule has 2 unspecified atom stereocenters. The number of aliphatic carboxylic acids is 1. The van der Waals surface area contributed by atoms with Gasteiger partial charge in [-0.1, -0.05) is 30.3 Å². The zero-order valence-electron chi connectivity index (χ0n) is 12.4. The molecule has 0 spiro atoms. The van der Waals surface area contributed by atoms with Crippen LogP contribution in [0.3, 0.4) is 0 Å². The van der Waals surface area contributed by atoms with Crippen molar-refractivity contribution >= 4 is 17.7 Å². The van der Waals surface area contributed by atoms with Crippen LogP contribution in [0.4, 0.5) is 0 Å². The van der Waals surface area contributed by atoms with E-state index < -0.39 is 29.5 Å². The molecule has 6 heteroatoms. The summed E-state index contributed by atoms with van der Waals surface area (Å²) in [6, 6.07) is 8.40. The molecule has 1 aromatic carbocycles. The molecule has 1 aromatic rings. The number of rotatable bonds is 5. The Morgan fingerprint density at radius 1 is 1.14 bits per heavy atom. The van der Waals surface area contributed by atoms with Crippen molar-refractivity contribution in [1.82, 2.24) is 4.90 Å². The van der Waals surface area contributed by atoms with Crippen LogP contribution in [0.2, 0.25) is 0 Å². The van der Waals surface area contributed by atoms with Crippen molar-refractivity contribution in [3.05, 3.63) is 35.9 Å². The molecule has 2 rings (SSSR count). The van der Waals surface area contributed by atoms with Crippen LogP contribution in [-0.4, -0.2) is 54.0 Å². The molecule has 0 aliphatic carbocycles. The highest BCUT2D eigenvalue weighted by Crippen LogP contribution is 2.28. The number of carbonyl (C=O) groups is 3. The molecule has 22 heavy (non-hydrogen) atoms. The monoisotopic (exact) mass is 305 g/mol. The van der Waals surface area contributed by atoms with Gasteiger partial charge in [-0.3, -0.25) is 14.4 Å². The molecular weight excluding hydrogens is 286 g/mol. The van der Waals surface area contributed by atoms with E-state index in [0.717, 1.165) is 0 Å². The summed E-state index contributed by atoms with van der Waals surface area (Å²) in [7, 11) is 0. The van der Waals surface area contributed by atoms with Crippen LogP contribution >= 0.6 is 0 Å². The van der Waals surface area contributed by atoms with Crippen LogP contribution in [0.15, 0.2) is 30.3 Å². The van der Waals surface area contributed by atoms with E-state index in [0.29, 0.717) is 31.9 Å².